The fourth-order valence-corrected chi connectivity index (χ4v) is 2.79. The number of rotatable bonds is 4. The van der Waals surface area contributed by atoms with E-state index in [1.807, 2.05) is 13.1 Å². The molecular formula is C15H24N4O. The van der Waals surface area contributed by atoms with E-state index in [0.29, 0.717) is 17.2 Å². The fourth-order valence-electron chi connectivity index (χ4n) is 2.79. The summed E-state index contributed by atoms with van der Waals surface area (Å²) in [4.78, 5) is 15.7. The molecule has 5 nitrogen and oxygen atoms in total. The molecule has 0 unspecified atom stereocenters. The molecule has 0 saturated carbocycles. The van der Waals surface area contributed by atoms with E-state index in [1.54, 1.807) is 12.1 Å². The van der Waals surface area contributed by atoms with E-state index >= 15 is 0 Å². The molecule has 20 heavy (non-hydrogen) atoms. The summed E-state index contributed by atoms with van der Waals surface area (Å²) in [5.74, 6) is 0.257. The van der Waals surface area contributed by atoms with Crippen molar-refractivity contribution >= 4 is 17.3 Å². The Kier molecular flexibility index (Phi) is 4.49. The van der Waals surface area contributed by atoms with Crippen LogP contribution in [0, 0.1) is 5.92 Å². The molecule has 0 atom stereocenters. The van der Waals surface area contributed by atoms with Crippen molar-refractivity contribution in [3.8, 4) is 0 Å². The number of nitrogen functional groups attached to an aromatic ring is 1. The number of piperidine rings is 1. The predicted octanol–water partition coefficient (Wildman–Crippen LogP) is 1.15. The highest BCUT2D eigenvalue weighted by Crippen LogP contribution is 2.26. The van der Waals surface area contributed by atoms with Gasteiger partial charge in [-0.05, 0) is 57.1 Å². The van der Waals surface area contributed by atoms with Crippen molar-refractivity contribution in [2.75, 3.05) is 44.4 Å². The maximum atomic E-state index is 11.1. The van der Waals surface area contributed by atoms with Crippen LogP contribution in [0.2, 0.25) is 0 Å². The molecule has 1 aliphatic heterocycles. The summed E-state index contributed by atoms with van der Waals surface area (Å²) in [5, 5.41) is 0. The monoisotopic (exact) mass is 276 g/mol. The lowest BCUT2D eigenvalue weighted by Crippen LogP contribution is -2.35. The number of carbonyl (C=O) groups is 1. The van der Waals surface area contributed by atoms with Crippen LogP contribution in [0.4, 0.5) is 11.4 Å². The SMILES string of the molecule is CN1CCC(CN(C)c2ccc(C(N)=O)cc2N)CC1. The lowest BCUT2D eigenvalue weighted by Gasteiger charge is -2.32. The molecule has 0 bridgehead atoms. The van der Waals surface area contributed by atoms with Crippen molar-refractivity contribution in [3.05, 3.63) is 23.8 Å². The van der Waals surface area contributed by atoms with E-state index in [-0.39, 0.29) is 0 Å². The van der Waals surface area contributed by atoms with Gasteiger partial charge in [0.15, 0.2) is 0 Å². The molecule has 0 aliphatic carbocycles. The van der Waals surface area contributed by atoms with Crippen LogP contribution >= 0.6 is 0 Å². The van der Waals surface area contributed by atoms with Gasteiger partial charge in [-0.25, -0.2) is 0 Å². The minimum Gasteiger partial charge on any atom is -0.397 e. The number of nitrogens with two attached hydrogens (primary N) is 2. The fraction of sp³-hybridized carbons (Fsp3) is 0.533. The quantitative estimate of drug-likeness (QED) is 0.809. The first kappa shape index (κ1) is 14.7. The van der Waals surface area contributed by atoms with Crippen molar-refractivity contribution in [3.63, 3.8) is 0 Å². The van der Waals surface area contributed by atoms with Gasteiger partial charge in [-0.15, -0.1) is 0 Å². The lowest BCUT2D eigenvalue weighted by atomic mass is 9.96. The van der Waals surface area contributed by atoms with E-state index in [4.69, 9.17) is 11.5 Å². The van der Waals surface area contributed by atoms with Crippen LogP contribution in [-0.4, -0.2) is 44.5 Å². The standard InChI is InChI=1S/C15H24N4O/c1-18-7-5-11(6-8-18)10-19(2)14-4-3-12(15(17)20)9-13(14)16/h3-4,9,11H,5-8,10,16H2,1-2H3,(H2,17,20). The molecule has 110 valence electrons. The van der Waals surface area contributed by atoms with Gasteiger partial charge in [-0.1, -0.05) is 0 Å². The van der Waals surface area contributed by atoms with Crippen molar-refractivity contribution in [2.24, 2.45) is 11.7 Å². The Labute approximate surface area is 120 Å². The van der Waals surface area contributed by atoms with Gasteiger partial charge >= 0.3 is 0 Å². The number of amides is 1. The summed E-state index contributed by atoms with van der Waals surface area (Å²) in [7, 11) is 4.22. The maximum Gasteiger partial charge on any atom is 0.248 e. The molecule has 1 amide bonds. The Morgan fingerprint density at radius 3 is 2.60 bits per heavy atom. The summed E-state index contributed by atoms with van der Waals surface area (Å²) in [6.07, 6.45) is 2.44. The zero-order valence-electron chi connectivity index (χ0n) is 12.3. The highest BCUT2D eigenvalue weighted by atomic mass is 16.1. The van der Waals surface area contributed by atoms with Crippen LogP contribution in [0.1, 0.15) is 23.2 Å². The first-order valence-corrected chi connectivity index (χ1v) is 7.06. The van der Waals surface area contributed by atoms with E-state index in [9.17, 15) is 4.79 Å². The normalized spacial score (nSPS) is 17.1. The Morgan fingerprint density at radius 1 is 1.40 bits per heavy atom. The van der Waals surface area contributed by atoms with E-state index in [0.717, 1.165) is 25.3 Å². The molecule has 1 saturated heterocycles. The Hall–Kier alpha value is -1.75. The molecule has 2 rings (SSSR count). The second kappa shape index (κ2) is 6.13. The number of nitrogens with zero attached hydrogens (tertiary/aromatic N) is 2. The van der Waals surface area contributed by atoms with Gasteiger partial charge in [0.25, 0.3) is 0 Å². The molecule has 1 aromatic rings. The Morgan fingerprint density at radius 2 is 2.05 bits per heavy atom. The van der Waals surface area contributed by atoms with Crippen molar-refractivity contribution < 1.29 is 4.79 Å². The third-order valence-electron chi connectivity index (χ3n) is 4.09. The maximum absolute atomic E-state index is 11.1. The molecular weight excluding hydrogens is 252 g/mol. The molecule has 1 aliphatic rings. The van der Waals surface area contributed by atoms with Crippen LogP contribution < -0.4 is 16.4 Å². The van der Waals surface area contributed by atoms with Gasteiger partial charge in [0.05, 0.1) is 11.4 Å². The van der Waals surface area contributed by atoms with Crippen LogP contribution in [0.5, 0.6) is 0 Å². The Bertz CT molecular complexity index is 481. The molecule has 1 fully saturated rings. The van der Waals surface area contributed by atoms with Crippen molar-refractivity contribution in [1.29, 1.82) is 0 Å². The molecule has 5 heteroatoms. The van der Waals surface area contributed by atoms with Gasteiger partial charge in [0.1, 0.15) is 0 Å². The number of hydrogen-bond donors (Lipinski definition) is 2. The summed E-state index contributed by atoms with van der Waals surface area (Å²) >= 11 is 0. The van der Waals surface area contributed by atoms with Crippen LogP contribution in [0.15, 0.2) is 18.2 Å². The average molecular weight is 276 g/mol. The van der Waals surface area contributed by atoms with Gasteiger partial charge in [0, 0.05) is 19.2 Å². The van der Waals surface area contributed by atoms with Crippen LogP contribution in [0.3, 0.4) is 0 Å². The van der Waals surface area contributed by atoms with Gasteiger partial charge < -0.3 is 21.3 Å². The predicted molar refractivity (Wildman–Crippen MR) is 82.9 cm³/mol. The minimum absolute atomic E-state index is 0.443. The Balaban J connectivity index is 2.02. The lowest BCUT2D eigenvalue weighted by molar-refractivity contribution is 0.100. The molecule has 1 aromatic carbocycles. The second-order valence-electron chi connectivity index (χ2n) is 5.77. The van der Waals surface area contributed by atoms with Crippen molar-refractivity contribution in [1.82, 2.24) is 4.90 Å². The number of anilines is 2. The number of hydrogen-bond acceptors (Lipinski definition) is 4. The van der Waals surface area contributed by atoms with Gasteiger partial charge in [0.2, 0.25) is 5.91 Å². The average Bonchev–Trinajstić information content (AvgIpc) is 2.41. The first-order chi connectivity index (χ1) is 9.47. The zero-order chi connectivity index (χ0) is 14.7. The summed E-state index contributed by atoms with van der Waals surface area (Å²) in [5.41, 5.74) is 13.3. The smallest absolute Gasteiger partial charge is 0.248 e. The van der Waals surface area contributed by atoms with E-state index < -0.39 is 5.91 Å². The molecule has 0 radical (unpaired) electrons. The second-order valence-corrected chi connectivity index (χ2v) is 5.77. The summed E-state index contributed by atoms with van der Waals surface area (Å²) in [6.45, 7) is 3.32. The van der Waals surface area contributed by atoms with Crippen LogP contribution in [0.25, 0.3) is 0 Å². The topological polar surface area (TPSA) is 75.6 Å². The minimum atomic E-state index is -0.443. The number of benzene rings is 1. The third-order valence-corrected chi connectivity index (χ3v) is 4.09. The molecule has 1 heterocycles. The first-order valence-electron chi connectivity index (χ1n) is 7.06. The van der Waals surface area contributed by atoms with Crippen LogP contribution in [-0.2, 0) is 0 Å². The highest BCUT2D eigenvalue weighted by molar-refractivity contribution is 5.94. The summed E-state index contributed by atoms with van der Waals surface area (Å²) < 4.78 is 0. The van der Waals surface area contributed by atoms with E-state index in [2.05, 4.69) is 16.8 Å². The van der Waals surface area contributed by atoms with Gasteiger partial charge in [-0.2, -0.15) is 0 Å². The zero-order valence-corrected chi connectivity index (χ0v) is 12.3. The molecule has 0 aromatic heterocycles. The number of likely N-dealkylation sites (tertiary alicyclic amines) is 1. The van der Waals surface area contributed by atoms with E-state index in [1.165, 1.54) is 12.8 Å². The number of primary amides is 1. The third kappa shape index (κ3) is 3.42. The van der Waals surface area contributed by atoms with Crippen molar-refractivity contribution in [2.45, 2.75) is 12.8 Å². The number of carbonyl (C=O) groups excluding carboxylic acids is 1. The largest absolute Gasteiger partial charge is 0.397 e. The highest BCUT2D eigenvalue weighted by Gasteiger charge is 2.19. The summed E-state index contributed by atoms with van der Waals surface area (Å²) in [6, 6.07) is 5.27. The molecule has 4 N–H and O–H groups in total. The van der Waals surface area contributed by atoms with Gasteiger partial charge in [-0.3, -0.25) is 4.79 Å². The molecule has 0 spiro atoms.